The van der Waals surface area contributed by atoms with Crippen molar-refractivity contribution in [2.45, 2.75) is 39.3 Å². The number of piperazine rings is 1. The first-order valence-electron chi connectivity index (χ1n) is 8.66. The maximum atomic E-state index is 13.2. The molecule has 1 fully saturated rings. The minimum atomic E-state index is -4.48. The molecular weight excluding hydrogens is 365 g/mol. The van der Waals surface area contributed by atoms with Gasteiger partial charge in [0.05, 0.1) is 0 Å². The van der Waals surface area contributed by atoms with Crippen molar-refractivity contribution in [1.82, 2.24) is 14.9 Å². The molecule has 0 aliphatic carbocycles. The summed E-state index contributed by atoms with van der Waals surface area (Å²) in [5.41, 5.74) is -0.313. The van der Waals surface area contributed by atoms with Crippen LogP contribution in [-0.4, -0.2) is 53.5 Å². The lowest BCUT2D eigenvalue weighted by atomic mass is 9.95. The lowest BCUT2D eigenvalue weighted by molar-refractivity contribution is -0.141. The molecule has 2 heterocycles. The Bertz CT molecular complexity index is 613. The second-order valence-electron chi connectivity index (χ2n) is 7.65. The summed E-state index contributed by atoms with van der Waals surface area (Å²) in [7, 11) is 0. The molecule has 0 N–H and O–H groups in total. The number of alkyl halides is 4. The van der Waals surface area contributed by atoms with Crippen molar-refractivity contribution in [3.8, 4) is 0 Å². The molecule has 0 saturated carbocycles. The Morgan fingerprint density at radius 1 is 1.15 bits per heavy atom. The zero-order chi connectivity index (χ0) is 19.5. The molecule has 1 aromatic heterocycles. The largest absolute Gasteiger partial charge is 0.433 e. The molecule has 0 atom stereocenters. The first-order valence-corrected chi connectivity index (χ1v) is 9.20. The molecule has 0 bridgehead atoms. The molecule has 1 aliphatic heterocycles. The van der Waals surface area contributed by atoms with Crippen molar-refractivity contribution in [3.63, 3.8) is 0 Å². The Kier molecular flexibility index (Phi) is 6.55. The highest BCUT2D eigenvalue weighted by Gasteiger charge is 2.35. The van der Waals surface area contributed by atoms with Crippen molar-refractivity contribution in [2.24, 2.45) is 0 Å². The molecule has 0 radical (unpaired) electrons. The molecule has 1 aromatic rings. The molecule has 1 saturated heterocycles. The summed E-state index contributed by atoms with van der Waals surface area (Å²) in [6.07, 6.45) is -2.39. The highest BCUT2D eigenvalue weighted by Crippen LogP contribution is 2.32. The summed E-state index contributed by atoms with van der Waals surface area (Å²) < 4.78 is 39.7. The average Bonchev–Trinajstić information content (AvgIpc) is 2.58. The third-order valence-corrected chi connectivity index (χ3v) is 4.70. The van der Waals surface area contributed by atoms with E-state index in [0.29, 0.717) is 24.8 Å². The van der Waals surface area contributed by atoms with Gasteiger partial charge in [0.2, 0.25) is 0 Å². The average molecular weight is 391 g/mol. The summed E-state index contributed by atoms with van der Waals surface area (Å²) >= 11 is 5.77. The van der Waals surface area contributed by atoms with E-state index in [0.717, 1.165) is 31.3 Å². The maximum absolute atomic E-state index is 13.2. The van der Waals surface area contributed by atoms with E-state index in [4.69, 9.17) is 11.6 Å². The number of hydrogen-bond acceptors (Lipinski definition) is 4. The molecule has 0 spiro atoms. The Labute approximate surface area is 158 Å². The second kappa shape index (κ2) is 8.13. The quantitative estimate of drug-likeness (QED) is 0.572. The topological polar surface area (TPSA) is 32.3 Å². The predicted octanol–water partition coefficient (Wildman–Crippen LogP) is 4.10. The highest BCUT2D eigenvalue weighted by atomic mass is 35.5. The van der Waals surface area contributed by atoms with Crippen molar-refractivity contribution < 1.29 is 13.2 Å². The van der Waals surface area contributed by atoms with E-state index in [1.807, 2.05) is 32.6 Å². The van der Waals surface area contributed by atoms with Gasteiger partial charge in [-0.05, 0) is 6.92 Å². The van der Waals surface area contributed by atoms with E-state index >= 15 is 0 Å². The van der Waals surface area contributed by atoms with Crippen LogP contribution in [0.2, 0.25) is 0 Å². The van der Waals surface area contributed by atoms with Gasteiger partial charge in [-0.3, -0.25) is 4.90 Å². The number of allylic oxidation sites excluding steroid dienone is 1. The first kappa shape index (κ1) is 21.0. The summed E-state index contributed by atoms with van der Waals surface area (Å²) in [6, 6.07) is 1.06. The molecule has 146 valence electrons. The van der Waals surface area contributed by atoms with Crippen molar-refractivity contribution in [1.29, 1.82) is 0 Å². The van der Waals surface area contributed by atoms with Gasteiger partial charge in [0, 0.05) is 50.1 Å². The Morgan fingerprint density at radius 2 is 1.77 bits per heavy atom. The second-order valence-corrected chi connectivity index (χ2v) is 7.92. The van der Waals surface area contributed by atoms with Gasteiger partial charge in [0.25, 0.3) is 0 Å². The maximum Gasteiger partial charge on any atom is 0.433 e. The smallest absolute Gasteiger partial charge is 0.354 e. The van der Waals surface area contributed by atoms with E-state index in [9.17, 15) is 13.2 Å². The van der Waals surface area contributed by atoms with Crippen LogP contribution >= 0.6 is 11.6 Å². The molecule has 26 heavy (non-hydrogen) atoms. The minimum absolute atomic E-state index is 0.213. The number of halogens is 4. The van der Waals surface area contributed by atoms with Crippen LogP contribution in [0.3, 0.4) is 0 Å². The summed E-state index contributed by atoms with van der Waals surface area (Å²) in [5.74, 6) is 1.08. The number of aromatic nitrogens is 2. The van der Waals surface area contributed by atoms with E-state index in [1.165, 1.54) is 0 Å². The third kappa shape index (κ3) is 5.58. The third-order valence-electron chi connectivity index (χ3n) is 4.28. The van der Waals surface area contributed by atoms with Crippen LogP contribution in [0, 0.1) is 0 Å². The van der Waals surface area contributed by atoms with Crippen molar-refractivity contribution in [2.75, 3.05) is 43.5 Å². The lowest BCUT2D eigenvalue weighted by Crippen LogP contribution is -2.47. The van der Waals surface area contributed by atoms with Gasteiger partial charge >= 0.3 is 6.18 Å². The van der Waals surface area contributed by atoms with E-state index in [1.54, 1.807) is 0 Å². The van der Waals surface area contributed by atoms with Crippen LogP contribution in [0.15, 0.2) is 17.7 Å². The van der Waals surface area contributed by atoms with E-state index in [2.05, 4.69) is 20.9 Å². The monoisotopic (exact) mass is 390 g/mol. The highest BCUT2D eigenvalue weighted by molar-refractivity contribution is 6.19. The molecule has 2 rings (SSSR count). The normalized spacial score (nSPS) is 17.7. The molecule has 0 unspecified atom stereocenters. The standard InChI is InChI=1S/C18H26ClF3N4/c1-13(12-19)5-6-25-7-9-26(10-8-25)15-11-14(18(20,21)22)23-16(24-15)17(2,3)4/h5,11H,6-10,12H2,1-4H3/b13-5+. The van der Waals surface area contributed by atoms with Gasteiger partial charge in [-0.2, -0.15) is 13.2 Å². The zero-order valence-corrected chi connectivity index (χ0v) is 16.5. The molecule has 0 aromatic carbocycles. The summed E-state index contributed by atoms with van der Waals surface area (Å²) in [5, 5.41) is 0. The Hall–Kier alpha value is -1.34. The molecule has 1 aliphatic rings. The minimum Gasteiger partial charge on any atom is -0.354 e. The van der Waals surface area contributed by atoms with Crippen LogP contribution < -0.4 is 4.90 Å². The predicted molar refractivity (Wildman–Crippen MR) is 98.9 cm³/mol. The fraction of sp³-hybridized carbons (Fsp3) is 0.667. The van der Waals surface area contributed by atoms with Crippen LogP contribution in [0.5, 0.6) is 0 Å². The molecule has 8 heteroatoms. The zero-order valence-electron chi connectivity index (χ0n) is 15.7. The van der Waals surface area contributed by atoms with Crippen LogP contribution in [0.25, 0.3) is 0 Å². The molecule has 4 nitrogen and oxygen atoms in total. The number of nitrogens with zero attached hydrogens (tertiary/aromatic N) is 4. The number of hydrogen-bond donors (Lipinski definition) is 0. The SMILES string of the molecule is C/C(=C\CN1CCN(c2cc(C(F)(F)F)nc(C(C)(C)C)n2)CC1)CCl. The van der Waals surface area contributed by atoms with E-state index in [-0.39, 0.29) is 5.82 Å². The van der Waals surface area contributed by atoms with Gasteiger partial charge in [0.15, 0.2) is 0 Å². The van der Waals surface area contributed by atoms with Crippen LogP contribution in [-0.2, 0) is 11.6 Å². The van der Waals surface area contributed by atoms with Gasteiger partial charge in [0.1, 0.15) is 17.3 Å². The lowest BCUT2D eigenvalue weighted by Gasteiger charge is -2.35. The van der Waals surface area contributed by atoms with Crippen molar-refractivity contribution in [3.05, 3.63) is 29.2 Å². The van der Waals surface area contributed by atoms with E-state index < -0.39 is 17.3 Å². The Balaban J connectivity index is 2.16. The number of rotatable bonds is 4. The van der Waals surface area contributed by atoms with Crippen LogP contribution in [0.4, 0.5) is 19.0 Å². The van der Waals surface area contributed by atoms with Crippen LogP contribution in [0.1, 0.15) is 39.2 Å². The van der Waals surface area contributed by atoms with Gasteiger partial charge in [-0.25, -0.2) is 9.97 Å². The summed E-state index contributed by atoms with van der Waals surface area (Å²) in [6.45, 7) is 11.0. The molecule has 0 amide bonds. The fourth-order valence-electron chi connectivity index (χ4n) is 2.58. The van der Waals surface area contributed by atoms with Gasteiger partial charge < -0.3 is 4.90 Å². The first-order chi connectivity index (χ1) is 12.0. The molecular formula is C18H26ClF3N4. The summed E-state index contributed by atoms with van der Waals surface area (Å²) in [4.78, 5) is 12.3. The van der Waals surface area contributed by atoms with Crippen molar-refractivity contribution >= 4 is 17.4 Å². The van der Waals surface area contributed by atoms with Gasteiger partial charge in [-0.15, -0.1) is 11.6 Å². The Morgan fingerprint density at radius 3 is 2.27 bits per heavy atom. The fourth-order valence-corrected chi connectivity index (χ4v) is 2.69. The van der Waals surface area contributed by atoms with Gasteiger partial charge in [-0.1, -0.05) is 32.4 Å². The number of anilines is 1.